The number of aryl methyl sites for hydroxylation is 2. The molecule has 0 aliphatic carbocycles. The average molecular weight is 301 g/mol. The van der Waals surface area contributed by atoms with Gasteiger partial charge in [0.2, 0.25) is 0 Å². The van der Waals surface area contributed by atoms with E-state index in [1.165, 1.54) is 6.39 Å². The molecular formula is C15H19N5O2. The standard InChI is InChI=1S/C15H19N5O2/c1-10-11(2)16-8-17-14(10)19-4-6-20(7-5-19)15(21)13-12(3)22-9-18-13/h8-9H,4-7H2,1-3H3. The molecule has 2 aromatic heterocycles. The molecule has 0 spiro atoms. The van der Waals surface area contributed by atoms with Gasteiger partial charge in [-0.15, -0.1) is 0 Å². The first-order chi connectivity index (χ1) is 10.6. The minimum Gasteiger partial charge on any atom is -0.448 e. The highest BCUT2D eigenvalue weighted by atomic mass is 16.3. The Labute approximate surface area is 129 Å². The summed E-state index contributed by atoms with van der Waals surface area (Å²) in [5.41, 5.74) is 2.49. The Morgan fingerprint density at radius 1 is 1.09 bits per heavy atom. The van der Waals surface area contributed by atoms with Crippen LogP contribution in [0.2, 0.25) is 0 Å². The lowest BCUT2D eigenvalue weighted by Gasteiger charge is -2.35. The number of hydrogen-bond donors (Lipinski definition) is 0. The summed E-state index contributed by atoms with van der Waals surface area (Å²) in [5, 5.41) is 0. The molecule has 1 amide bonds. The van der Waals surface area contributed by atoms with Gasteiger partial charge in [-0.05, 0) is 20.8 Å². The Hall–Kier alpha value is -2.44. The summed E-state index contributed by atoms with van der Waals surface area (Å²) in [6, 6.07) is 0. The number of piperazine rings is 1. The van der Waals surface area contributed by atoms with Gasteiger partial charge in [0.25, 0.3) is 5.91 Å². The molecule has 0 radical (unpaired) electrons. The van der Waals surface area contributed by atoms with Crippen LogP contribution in [0.25, 0.3) is 0 Å². The predicted molar refractivity (Wildman–Crippen MR) is 80.9 cm³/mol. The summed E-state index contributed by atoms with van der Waals surface area (Å²) in [7, 11) is 0. The van der Waals surface area contributed by atoms with Crippen LogP contribution < -0.4 is 4.90 Å². The topological polar surface area (TPSA) is 75.4 Å². The molecule has 1 aliphatic rings. The van der Waals surface area contributed by atoms with Gasteiger partial charge in [0.15, 0.2) is 12.1 Å². The number of nitrogens with zero attached hydrogens (tertiary/aromatic N) is 5. The molecule has 1 saturated heterocycles. The lowest BCUT2D eigenvalue weighted by Crippen LogP contribution is -2.49. The molecule has 22 heavy (non-hydrogen) atoms. The lowest BCUT2D eigenvalue weighted by atomic mass is 10.2. The molecule has 7 heteroatoms. The van der Waals surface area contributed by atoms with E-state index in [1.807, 2.05) is 18.7 Å². The molecule has 116 valence electrons. The van der Waals surface area contributed by atoms with Crippen molar-refractivity contribution in [2.75, 3.05) is 31.1 Å². The molecule has 0 atom stereocenters. The first-order valence-electron chi connectivity index (χ1n) is 7.30. The van der Waals surface area contributed by atoms with Crippen LogP contribution in [0.15, 0.2) is 17.1 Å². The fourth-order valence-electron chi connectivity index (χ4n) is 2.63. The van der Waals surface area contributed by atoms with E-state index >= 15 is 0 Å². The predicted octanol–water partition coefficient (Wildman–Crippen LogP) is 1.35. The number of anilines is 1. The SMILES string of the molecule is Cc1ncnc(N2CCN(C(=O)c3ncoc3C)CC2)c1C. The largest absolute Gasteiger partial charge is 0.448 e. The highest BCUT2D eigenvalue weighted by molar-refractivity contribution is 5.93. The molecule has 0 N–H and O–H groups in total. The van der Waals surface area contributed by atoms with Gasteiger partial charge in [-0.2, -0.15) is 0 Å². The number of hydrogen-bond acceptors (Lipinski definition) is 6. The third-order valence-corrected chi connectivity index (χ3v) is 4.12. The van der Waals surface area contributed by atoms with Gasteiger partial charge in [-0.1, -0.05) is 0 Å². The van der Waals surface area contributed by atoms with Crippen molar-refractivity contribution < 1.29 is 9.21 Å². The van der Waals surface area contributed by atoms with Crippen LogP contribution in [0.4, 0.5) is 5.82 Å². The van der Waals surface area contributed by atoms with E-state index in [4.69, 9.17) is 4.42 Å². The Morgan fingerprint density at radius 3 is 2.45 bits per heavy atom. The zero-order valence-corrected chi connectivity index (χ0v) is 13.0. The number of carbonyl (C=O) groups is 1. The minimum absolute atomic E-state index is 0.0681. The van der Waals surface area contributed by atoms with Crippen molar-refractivity contribution in [3.63, 3.8) is 0 Å². The number of carbonyl (C=O) groups excluding carboxylic acids is 1. The lowest BCUT2D eigenvalue weighted by molar-refractivity contribution is 0.0739. The van der Waals surface area contributed by atoms with E-state index < -0.39 is 0 Å². The average Bonchev–Trinajstić information content (AvgIpc) is 2.96. The summed E-state index contributed by atoms with van der Waals surface area (Å²) in [4.78, 5) is 29.0. The summed E-state index contributed by atoms with van der Waals surface area (Å²) >= 11 is 0. The zero-order valence-electron chi connectivity index (χ0n) is 13.0. The van der Waals surface area contributed by atoms with E-state index in [2.05, 4.69) is 19.9 Å². The Balaban J connectivity index is 1.69. The van der Waals surface area contributed by atoms with Crippen molar-refractivity contribution in [2.24, 2.45) is 0 Å². The van der Waals surface area contributed by atoms with Crippen LogP contribution in [0, 0.1) is 20.8 Å². The number of aromatic nitrogens is 3. The Bertz CT molecular complexity index is 689. The van der Waals surface area contributed by atoms with Gasteiger partial charge < -0.3 is 14.2 Å². The number of oxazole rings is 1. The van der Waals surface area contributed by atoms with Crippen LogP contribution in [-0.2, 0) is 0 Å². The zero-order chi connectivity index (χ0) is 15.7. The maximum absolute atomic E-state index is 12.4. The third-order valence-electron chi connectivity index (χ3n) is 4.12. The molecule has 0 aromatic carbocycles. The normalized spacial score (nSPS) is 15.2. The second kappa shape index (κ2) is 5.75. The van der Waals surface area contributed by atoms with Crippen molar-refractivity contribution in [1.82, 2.24) is 19.9 Å². The summed E-state index contributed by atoms with van der Waals surface area (Å²) in [6.45, 7) is 8.55. The first-order valence-corrected chi connectivity index (χ1v) is 7.30. The van der Waals surface area contributed by atoms with Crippen molar-refractivity contribution in [3.05, 3.63) is 35.4 Å². The van der Waals surface area contributed by atoms with Crippen molar-refractivity contribution in [1.29, 1.82) is 0 Å². The molecule has 0 unspecified atom stereocenters. The van der Waals surface area contributed by atoms with Crippen LogP contribution in [0.5, 0.6) is 0 Å². The summed E-state index contributed by atoms with van der Waals surface area (Å²) in [5.74, 6) is 1.45. The molecule has 3 rings (SSSR count). The van der Waals surface area contributed by atoms with Gasteiger partial charge in [0.05, 0.1) is 0 Å². The van der Waals surface area contributed by atoms with Crippen molar-refractivity contribution in [3.8, 4) is 0 Å². The van der Waals surface area contributed by atoms with Gasteiger partial charge >= 0.3 is 0 Å². The maximum atomic E-state index is 12.4. The molecule has 0 saturated carbocycles. The van der Waals surface area contributed by atoms with Crippen molar-refractivity contribution >= 4 is 11.7 Å². The van der Waals surface area contributed by atoms with E-state index in [1.54, 1.807) is 13.3 Å². The second-order valence-corrected chi connectivity index (χ2v) is 5.44. The fraction of sp³-hybridized carbons (Fsp3) is 0.467. The fourth-order valence-corrected chi connectivity index (χ4v) is 2.63. The number of amides is 1. The smallest absolute Gasteiger partial charge is 0.276 e. The van der Waals surface area contributed by atoms with Crippen LogP contribution in [0.1, 0.15) is 27.5 Å². The van der Waals surface area contributed by atoms with Gasteiger partial charge in [0.1, 0.15) is 17.9 Å². The molecule has 1 fully saturated rings. The summed E-state index contributed by atoms with van der Waals surface area (Å²) in [6.07, 6.45) is 2.90. The van der Waals surface area contributed by atoms with Crippen LogP contribution in [0.3, 0.4) is 0 Å². The van der Waals surface area contributed by atoms with Gasteiger partial charge in [-0.3, -0.25) is 4.79 Å². The van der Waals surface area contributed by atoms with E-state index in [9.17, 15) is 4.79 Å². The van der Waals surface area contributed by atoms with Crippen LogP contribution in [-0.4, -0.2) is 51.9 Å². The van der Waals surface area contributed by atoms with E-state index in [-0.39, 0.29) is 5.91 Å². The Morgan fingerprint density at radius 2 is 1.82 bits per heavy atom. The monoisotopic (exact) mass is 301 g/mol. The molecule has 1 aliphatic heterocycles. The molecule has 3 heterocycles. The minimum atomic E-state index is -0.0681. The van der Waals surface area contributed by atoms with Crippen LogP contribution >= 0.6 is 0 Å². The van der Waals surface area contributed by atoms with Crippen molar-refractivity contribution in [2.45, 2.75) is 20.8 Å². The quantitative estimate of drug-likeness (QED) is 0.833. The molecule has 7 nitrogen and oxygen atoms in total. The van der Waals surface area contributed by atoms with E-state index in [0.717, 1.165) is 30.2 Å². The third kappa shape index (κ3) is 2.54. The highest BCUT2D eigenvalue weighted by Crippen LogP contribution is 2.20. The second-order valence-electron chi connectivity index (χ2n) is 5.44. The van der Waals surface area contributed by atoms with Gasteiger partial charge in [0, 0.05) is 37.4 Å². The first kappa shape index (κ1) is 14.5. The molecule has 0 bridgehead atoms. The summed E-state index contributed by atoms with van der Waals surface area (Å²) < 4.78 is 5.11. The Kier molecular flexibility index (Phi) is 3.79. The molecular weight excluding hydrogens is 282 g/mol. The van der Waals surface area contributed by atoms with E-state index in [0.29, 0.717) is 24.5 Å². The van der Waals surface area contributed by atoms with Gasteiger partial charge in [-0.25, -0.2) is 15.0 Å². The number of rotatable bonds is 2. The molecule has 2 aromatic rings. The maximum Gasteiger partial charge on any atom is 0.276 e. The highest BCUT2D eigenvalue weighted by Gasteiger charge is 2.26.